The molecule has 0 heteroatoms. The first-order valence-corrected chi connectivity index (χ1v) is 4.55. The molecule has 0 heterocycles. The molecule has 0 aliphatic carbocycles. The molecule has 0 aromatic heterocycles. The van der Waals surface area contributed by atoms with Crippen molar-refractivity contribution in [3.8, 4) is 0 Å². The SMILES string of the molecule is C.CC(C)C.Cc1ccc(C)cc1. The molecule has 76 valence electrons. The van der Waals surface area contributed by atoms with Crippen LogP contribution in [0.25, 0.3) is 0 Å². The van der Waals surface area contributed by atoms with Gasteiger partial charge in [-0.3, -0.25) is 0 Å². The van der Waals surface area contributed by atoms with Gasteiger partial charge in [0.25, 0.3) is 0 Å². The molecular formula is C13H24. The second kappa shape index (κ2) is 7.85. The summed E-state index contributed by atoms with van der Waals surface area (Å²) in [4.78, 5) is 0. The minimum atomic E-state index is 0. The van der Waals surface area contributed by atoms with Gasteiger partial charge < -0.3 is 0 Å². The fourth-order valence-electron chi connectivity index (χ4n) is 0.637. The Bertz CT molecular complexity index is 170. The van der Waals surface area contributed by atoms with Crippen LogP contribution in [-0.4, -0.2) is 0 Å². The summed E-state index contributed by atoms with van der Waals surface area (Å²) in [7, 11) is 0. The van der Waals surface area contributed by atoms with Crippen LogP contribution in [0, 0.1) is 19.8 Å². The van der Waals surface area contributed by atoms with Gasteiger partial charge in [0.15, 0.2) is 0 Å². The highest BCUT2D eigenvalue weighted by molar-refractivity contribution is 5.19. The summed E-state index contributed by atoms with van der Waals surface area (Å²) >= 11 is 0. The average molecular weight is 180 g/mol. The van der Waals surface area contributed by atoms with Gasteiger partial charge in [-0.05, 0) is 19.8 Å². The van der Waals surface area contributed by atoms with Crippen molar-refractivity contribution in [3.05, 3.63) is 35.4 Å². The molecule has 0 N–H and O–H groups in total. The highest BCUT2D eigenvalue weighted by atomic mass is 13.9. The summed E-state index contributed by atoms with van der Waals surface area (Å²) in [6, 6.07) is 8.48. The Hall–Kier alpha value is -0.780. The lowest BCUT2D eigenvalue weighted by Crippen LogP contribution is -1.70. The predicted octanol–water partition coefficient (Wildman–Crippen LogP) is 4.60. The van der Waals surface area contributed by atoms with E-state index >= 15 is 0 Å². The lowest BCUT2D eigenvalue weighted by Gasteiger charge is -1.90. The summed E-state index contributed by atoms with van der Waals surface area (Å²) in [6.45, 7) is 10.7. The lowest BCUT2D eigenvalue weighted by atomic mass is 10.2. The van der Waals surface area contributed by atoms with E-state index in [1.165, 1.54) is 11.1 Å². The molecule has 1 aromatic carbocycles. The second-order valence-electron chi connectivity index (χ2n) is 3.89. The molecule has 1 rings (SSSR count). The Balaban J connectivity index is 0. The summed E-state index contributed by atoms with van der Waals surface area (Å²) in [5.74, 6) is 0.833. The molecule has 0 bridgehead atoms. The minimum Gasteiger partial charge on any atom is -0.0776 e. The van der Waals surface area contributed by atoms with Crippen LogP contribution in [0.5, 0.6) is 0 Å². The molecule has 0 radical (unpaired) electrons. The zero-order valence-electron chi connectivity index (χ0n) is 8.89. The van der Waals surface area contributed by atoms with Gasteiger partial charge in [0.1, 0.15) is 0 Å². The number of benzene rings is 1. The van der Waals surface area contributed by atoms with Crippen LogP contribution in [0.3, 0.4) is 0 Å². The van der Waals surface area contributed by atoms with Gasteiger partial charge in [-0.15, -0.1) is 0 Å². The van der Waals surface area contributed by atoms with E-state index < -0.39 is 0 Å². The third-order valence-electron chi connectivity index (χ3n) is 1.22. The van der Waals surface area contributed by atoms with Crippen LogP contribution in [0.4, 0.5) is 0 Å². The van der Waals surface area contributed by atoms with Crippen LogP contribution in [-0.2, 0) is 0 Å². The van der Waals surface area contributed by atoms with Crippen molar-refractivity contribution < 1.29 is 0 Å². The number of rotatable bonds is 0. The zero-order valence-corrected chi connectivity index (χ0v) is 8.89. The van der Waals surface area contributed by atoms with Crippen LogP contribution >= 0.6 is 0 Å². The van der Waals surface area contributed by atoms with E-state index in [0.29, 0.717) is 0 Å². The van der Waals surface area contributed by atoms with Gasteiger partial charge in [-0.1, -0.05) is 63.6 Å². The van der Waals surface area contributed by atoms with Crippen molar-refractivity contribution in [2.75, 3.05) is 0 Å². The Labute approximate surface area is 84.0 Å². The topological polar surface area (TPSA) is 0 Å². The van der Waals surface area contributed by atoms with E-state index in [1.807, 2.05) is 0 Å². The van der Waals surface area contributed by atoms with Gasteiger partial charge in [0, 0.05) is 0 Å². The standard InChI is InChI=1S/C8H10.C4H10.CH4/c1-7-3-5-8(2)6-4-7;1-4(2)3;/h3-6H,1-2H3;4H,1-3H3;1H4. The van der Waals surface area contributed by atoms with Crippen molar-refractivity contribution >= 4 is 0 Å². The van der Waals surface area contributed by atoms with Gasteiger partial charge in [0.05, 0.1) is 0 Å². The first-order chi connectivity index (χ1) is 5.52. The molecular weight excluding hydrogens is 156 g/mol. The molecule has 0 unspecified atom stereocenters. The van der Waals surface area contributed by atoms with Crippen molar-refractivity contribution in [1.29, 1.82) is 0 Å². The van der Waals surface area contributed by atoms with Gasteiger partial charge in [-0.2, -0.15) is 0 Å². The van der Waals surface area contributed by atoms with Gasteiger partial charge >= 0.3 is 0 Å². The molecule has 13 heavy (non-hydrogen) atoms. The van der Waals surface area contributed by atoms with E-state index in [2.05, 4.69) is 58.9 Å². The second-order valence-corrected chi connectivity index (χ2v) is 3.89. The maximum atomic E-state index is 2.17. The summed E-state index contributed by atoms with van der Waals surface area (Å²) < 4.78 is 0. The van der Waals surface area contributed by atoms with Gasteiger partial charge in [0.2, 0.25) is 0 Å². The van der Waals surface area contributed by atoms with E-state index in [1.54, 1.807) is 0 Å². The molecule has 0 saturated carbocycles. The number of hydrogen-bond acceptors (Lipinski definition) is 0. The fraction of sp³-hybridized carbons (Fsp3) is 0.538. The molecule has 0 aliphatic heterocycles. The first kappa shape index (κ1) is 14.7. The summed E-state index contributed by atoms with van der Waals surface area (Å²) in [5, 5.41) is 0. The van der Waals surface area contributed by atoms with Crippen molar-refractivity contribution in [3.63, 3.8) is 0 Å². The van der Waals surface area contributed by atoms with E-state index in [-0.39, 0.29) is 7.43 Å². The van der Waals surface area contributed by atoms with Crippen LogP contribution in [0.2, 0.25) is 0 Å². The van der Waals surface area contributed by atoms with Crippen molar-refractivity contribution in [1.82, 2.24) is 0 Å². The third-order valence-corrected chi connectivity index (χ3v) is 1.22. The molecule has 0 atom stereocenters. The van der Waals surface area contributed by atoms with Crippen molar-refractivity contribution in [2.45, 2.75) is 42.0 Å². The quantitative estimate of drug-likeness (QED) is 0.547. The van der Waals surface area contributed by atoms with E-state index in [0.717, 1.165) is 5.92 Å². The molecule has 0 aliphatic rings. The zero-order chi connectivity index (χ0) is 9.56. The normalized spacial score (nSPS) is 8.46. The predicted molar refractivity (Wildman–Crippen MR) is 63.2 cm³/mol. The first-order valence-electron chi connectivity index (χ1n) is 4.55. The Kier molecular flexibility index (Phi) is 8.89. The number of aryl methyl sites for hydroxylation is 2. The summed E-state index contributed by atoms with van der Waals surface area (Å²) in [5.41, 5.74) is 2.66. The molecule has 0 amide bonds. The van der Waals surface area contributed by atoms with E-state index in [9.17, 15) is 0 Å². The molecule has 0 spiro atoms. The van der Waals surface area contributed by atoms with Crippen LogP contribution in [0.1, 0.15) is 39.3 Å². The molecule has 0 nitrogen and oxygen atoms in total. The Morgan fingerprint density at radius 1 is 0.769 bits per heavy atom. The largest absolute Gasteiger partial charge is 0.0776 e. The highest BCUT2D eigenvalue weighted by Crippen LogP contribution is 1.99. The monoisotopic (exact) mass is 180 g/mol. The minimum absolute atomic E-state index is 0. The highest BCUT2D eigenvalue weighted by Gasteiger charge is 1.79. The Morgan fingerprint density at radius 3 is 1.08 bits per heavy atom. The molecule has 0 fully saturated rings. The molecule has 1 aromatic rings. The van der Waals surface area contributed by atoms with Crippen LogP contribution in [0.15, 0.2) is 24.3 Å². The third kappa shape index (κ3) is 11.2. The summed E-state index contributed by atoms with van der Waals surface area (Å²) in [6.07, 6.45) is 0. The smallest absolute Gasteiger partial charge is 0.0398 e. The van der Waals surface area contributed by atoms with Crippen LogP contribution < -0.4 is 0 Å². The van der Waals surface area contributed by atoms with Gasteiger partial charge in [-0.25, -0.2) is 0 Å². The maximum Gasteiger partial charge on any atom is -0.0398 e. The van der Waals surface area contributed by atoms with E-state index in [4.69, 9.17) is 0 Å². The molecule has 0 saturated heterocycles. The average Bonchev–Trinajstić information content (AvgIpc) is 1.94. The lowest BCUT2D eigenvalue weighted by molar-refractivity contribution is 0.737. The maximum absolute atomic E-state index is 2.17. The van der Waals surface area contributed by atoms with Crippen molar-refractivity contribution in [2.24, 2.45) is 5.92 Å². The number of hydrogen-bond donors (Lipinski definition) is 0. The fourth-order valence-corrected chi connectivity index (χ4v) is 0.637. The Morgan fingerprint density at radius 2 is 0.923 bits per heavy atom.